The minimum atomic E-state index is 0.0134. The van der Waals surface area contributed by atoms with Crippen LogP contribution in [0.4, 0.5) is 0 Å². The van der Waals surface area contributed by atoms with Gasteiger partial charge in [0.2, 0.25) is 17.6 Å². The molecule has 0 fully saturated rings. The quantitative estimate of drug-likeness (QED) is 0.443. The summed E-state index contributed by atoms with van der Waals surface area (Å²) in [6.45, 7) is 0.578. The molecule has 1 amide bonds. The normalized spacial score (nSPS) is 11.0. The largest absolute Gasteiger partial charge is 0.497 e. The van der Waals surface area contributed by atoms with Gasteiger partial charge in [-0.25, -0.2) is 0 Å². The van der Waals surface area contributed by atoms with Crippen molar-refractivity contribution in [2.24, 2.45) is 0 Å². The number of ether oxygens (including phenoxy) is 1. The van der Waals surface area contributed by atoms with E-state index in [9.17, 15) is 4.79 Å². The van der Waals surface area contributed by atoms with Gasteiger partial charge in [-0.15, -0.1) is 0 Å². The lowest BCUT2D eigenvalue weighted by Gasteiger charge is -2.05. The van der Waals surface area contributed by atoms with E-state index in [1.54, 1.807) is 19.5 Å². The summed E-state index contributed by atoms with van der Waals surface area (Å²) in [6.07, 6.45) is 7.72. The van der Waals surface area contributed by atoms with Crippen LogP contribution in [0.3, 0.4) is 0 Å². The zero-order valence-corrected chi connectivity index (χ0v) is 16.7. The number of rotatable bonds is 9. The smallest absolute Gasteiger partial charge is 0.226 e. The molecule has 0 atom stereocenters. The second-order valence-electron chi connectivity index (χ2n) is 6.93. The minimum absolute atomic E-state index is 0.0134. The number of aromatic amines is 1. The van der Waals surface area contributed by atoms with Crippen LogP contribution in [0.25, 0.3) is 22.3 Å². The predicted molar refractivity (Wildman–Crippen MR) is 112 cm³/mol. The Morgan fingerprint density at radius 3 is 3.03 bits per heavy atom. The zero-order valence-electron chi connectivity index (χ0n) is 16.7. The Kier molecular flexibility index (Phi) is 6.03. The average Bonchev–Trinajstić information content (AvgIpc) is 3.41. The van der Waals surface area contributed by atoms with Crippen molar-refractivity contribution in [3.63, 3.8) is 0 Å². The van der Waals surface area contributed by atoms with Gasteiger partial charge in [0, 0.05) is 54.4 Å². The summed E-state index contributed by atoms with van der Waals surface area (Å²) >= 11 is 0. The number of H-pyrrole nitrogens is 1. The molecular formula is C22H23N5O3. The summed E-state index contributed by atoms with van der Waals surface area (Å²) in [4.78, 5) is 23.8. The molecule has 0 aliphatic rings. The van der Waals surface area contributed by atoms with Crippen molar-refractivity contribution in [2.75, 3.05) is 13.7 Å². The number of aryl methyl sites for hydroxylation is 1. The van der Waals surface area contributed by atoms with Crippen molar-refractivity contribution in [1.82, 2.24) is 25.4 Å². The maximum atomic E-state index is 12.1. The zero-order chi connectivity index (χ0) is 20.8. The fraction of sp³-hybridized carbons (Fsp3) is 0.273. The van der Waals surface area contributed by atoms with E-state index in [-0.39, 0.29) is 5.91 Å². The summed E-state index contributed by atoms with van der Waals surface area (Å²) in [5, 5.41) is 8.05. The molecule has 0 saturated carbocycles. The van der Waals surface area contributed by atoms with E-state index in [0.29, 0.717) is 37.5 Å². The van der Waals surface area contributed by atoms with E-state index in [1.807, 2.05) is 36.5 Å². The van der Waals surface area contributed by atoms with Gasteiger partial charge in [-0.2, -0.15) is 4.98 Å². The monoisotopic (exact) mass is 405 g/mol. The third-order valence-corrected chi connectivity index (χ3v) is 4.87. The first kappa shape index (κ1) is 19.6. The van der Waals surface area contributed by atoms with Gasteiger partial charge in [0.25, 0.3) is 0 Å². The lowest BCUT2D eigenvalue weighted by atomic mass is 10.1. The molecular weight excluding hydrogens is 382 g/mol. The van der Waals surface area contributed by atoms with Crippen LogP contribution < -0.4 is 10.1 Å². The molecule has 0 radical (unpaired) electrons. The Labute approximate surface area is 173 Å². The lowest BCUT2D eigenvalue weighted by Crippen LogP contribution is -2.25. The maximum absolute atomic E-state index is 12.1. The number of carbonyl (C=O) groups excluding carboxylic acids is 1. The molecule has 154 valence electrons. The number of hydrogen-bond donors (Lipinski definition) is 2. The van der Waals surface area contributed by atoms with Crippen LogP contribution in [-0.4, -0.2) is 39.7 Å². The van der Waals surface area contributed by atoms with Crippen LogP contribution in [0.2, 0.25) is 0 Å². The molecule has 0 spiro atoms. The van der Waals surface area contributed by atoms with Gasteiger partial charge >= 0.3 is 0 Å². The van der Waals surface area contributed by atoms with Crippen molar-refractivity contribution in [3.05, 3.63) is 60.4 Å². The molecule has 4 aromatic rings. The van der Waals surface area contributed by atoms with E-state index in [4.69, 9.17) is 9.26 Å². The molecule has 8 nitrogen and oxygen atoms in total. The molecule has 1 aromatic carbocycles. The van der Waals surface area contributed by atoms with Crippen LogP contribution in [0, 0.1) is 0 Å². The van der Waals surface area contributed by atoms with Gasteiger partial charge in [-0.05, 0) is 48.7 Å². The third-order valence-electron chi connectivity index (χ3n) is 4.87. The third kappa shape index (κ3) is 4.65. The van der Waals surface area contributed by atoms with E-state index in [0.717, 1.165) is 34.2 Å². The molecule has 3 aromatic heterocycles. The van der Waals surface area contributed by atoms with E-state index >= 15 is 0 Å². The van der Waals surface area contributed by atoms with Gasteiger partial charge in [0.05, 0.1) is 7.11 Å². The summed E-state index contributed by atoms with van der Waals surface area (Å²) in [7, 11) is 1.65. The van der Waals surface area contributed by atoms with Crippen LogP contribution in [0.1, 0.15) is 24.3 Å². The van der Waals surface area contributed by atoms with Gasteiger partial charge in [-0.3, -0.25) is 9.78 Å². The number of hydrogen-bond acceptors (Lipinski definition) is 6. The number of amides is 1. The highest BCUT2D eigenvalue weighted by molar-refractivity contribution is 5.84. The topological polar surface area (TPSA) is 106 Å². The van der Waals surface area contributed by atoms with Gasteiger partial charge < -0.3 is 19.6 Å². The van der Waals surface area contributed by atoms with Crippen LogP contribution in [0.5, 0.6) is 5.75 Å². The Morgan fingerprint density at radius 1 is 1.27 bits per heavy atom. The highest BCUT2D eigenvalue weighted by Crippen LogP contribution is 2.23. The van der Waals surface area contributed by atoms with Crippen molar-refractivity contribution < 1.29 is 14.1 Å². The van der Waals surface area contributed by atoms with E-state index < -0.39 is 0 Å². The summed E-state index contributed by atoms with van der Waals surface area (Å²) in [5.74, 6) is 1.87. The molecule has 3 heterocycles. The molecule has 0 aliphatic carbocycles. The molecule has 0 saturated heterocycles. The Hall–Kier alpha value is -3.68. The molecule has 0 bridgehead atoms. The van der Waals surface area contributed by atoms with Crippen LogP contribution in [0.15, 0.2) is 53.4 Å². The first-order valence-corrected chi connectivity index (χ1v) is 9.86. The van der Waals surface area contributed by atoms with E-state index in [2.05, 4.69) is 25.4 Å². The number of methoxy groups -OCH3 is 1. The molecule has 4 rings (SSSR count). The van der Waals surface area contributed by atoms with Crippen molar-refractivity contribution in [1.29, 1.82) is 0 Å². The number of aromatic nitrogens is 4. The van der Waals surface area contributed by atoms with Gasteiger partial charge in [0.1, 0.15) is 5.75 Å². The summed E-state index contributed by atoms with van der Waals surface area (Å²) in [6, 6.07) is 9.62. The molecule has 8 heteroatoms. The minimum Gasteiger partial charge on any atom is -0.497 e. The first-order chi connectivity index (χ1) is 14.7. The Morgan fingerprint density at radius 2 is 2.20 bits per heavy atom. The first-order valence-electron chi connectivity index (χ1n) is 9.86. The van der Waals surface area contributed by atoms with Crippen LogP contribution >= 0.6 is 0 Å². The van der Waals surface area contributed by atoms with E-state index in [1.165, 1.54) is 0 Å². The summed E-state index contributed by atoms with van der Waals surface area (Å²) < 4.78 is 10.5. The number of fused-ring (bicyclic) bond motifs is 1. The standard InChI is InChI=1S/C22H23N5O3/c1-29-17-7-8-19-18(12-17)15(14-25-19)9-11-24-20(28)5-2-6-21-26-22(27-30-21)16-4-3-10-23-13-16/h3-4,7-8,10,12-14,25H,2,5-6,9,11H2,1H3,(H,24,28). The van der Waals surface area contributed by atoms with Crippen molar-refractivity contribution in [3.8, 4) is 17.1 Å². The van der Waals surface area contributed by atoms with Crippen molar-refractivity contribution in [2.45, 2.75) is 25.7 Å². The Balaban J connectivity index is 1.21. The molecule has 0 unspecified atom stereocenters. The molecule has 0 aliphatic heterocycles. The van der Waals surface area contributed by atoms with Gasteiger partial charge in [0.15, 0.2) is 0 Å². The average molecular weight is 405 g/mol. The number of nitrogens with zero attached hydrogens (tertiary/aromatic N) is 3. The summed E-state index contributed by atoms with van der Waals surface area (Å²) in [5.41, 5.74) is 3.01. The lowest BCUT2D eigenvalue weighted by molar-refractivity contribution is -0.121. The number of benzene rings is 1. The number of carbonyl (C=O) groups is 1. The maximum Gasteiger partial charge on any atom is 0.226 e. The SMILES string of the molecule is COc1ccc2[nH]cc(CCNC(=O)CCCc3nc(-c4cccnc4)no3)c2c1. The second-order valence-corrected chi connectivity index (χ2v) is 6.93. The predicted octanol–water partition coefficient (Wildman–Crippen LogP) is 3.30. The number of nitrogens with one attached hydrogen (secondary N) is 2. The second kappa shape index (κ2) is 9.21. The number of pyridine rings is 1. The fourth-order valence-corrected chi connectivity index (χ4v) is 3.29. The van der Waals surface area contributed by atoms with Crippen LogP contribution in [-0.2, 0) is 17.6 Å². The molecule has 2 N–H and O–H groups in total. The van der Waals surface area contributed by atoms with Gasteiger partial charge in [-0.1, -0.05) is 5.16 Å². The Bertz CT molecular complexity index is 1120. The van der Waals surface area contributed by atoms with Crippen molar-refractivity contribution >= 4 is 16.8 Å². The molecule has 30 heavy (non-hydrogen) atoms. The highest BCUT2D eigenvalue weighted by Gasteiger charge is 2.10. The highest BCUT2D eigenvalue weighted by atomic mass is 16.5. The fourth-order valence-electron chi connectivity index (χ4n) is 3.29.